The summed E-state index contributed by atoms with van der Waals surface area (Å²) in [4.78, 5) is 12.1. The monoisotopic (exact) mass is 287 g/mol. The maximum atomic E-state index is 12.1. The van der Waals surface area contributed by atoms with Crippen molar-refractivity contribution in [2.45, 2.75) is 25.1 Å². The van der Waals surface area contributed by atoms with Crippen molar-refractivity contribution in [3.63, 3.8) is 0 Å². The molecule has 2 N–H and O–H groups in total. The molecule has 0 fully saturated rings. The fourth-order valence-corrected chi connectivity index (χ4v) is 2.47. The number of hydrogen-bond acceptors (Lipinski definition) is 3. The maximum Gasteiger partial charge on any atom is 0.251 e. The molecule has 100 valence electrons. The highest BCUT2D eigenvalue weighted by Crippen LogP contribution is 2.19. The molecule has 0 heterocycles. The molecule has 0 saturated heterocycles. The molecule has 5 heteroatoms. The van der Waals surface area contributed by atoms with E-state index < -0.39 is 0 Å². The number of benzene rings is 1. The Morgan fingerprint density at radius 1 is 1.56 bits per heavy atom. The first-order valence-electron chi connectivity index (χ1n) is 5.70. The van der Waals surface area contributed by atoms with Crippen LogP contribution in [0.25, 0.3) is 0 Å². The van der Waals surface area contributed by atoms with E-state index in [0.29, 0.717) is 10.6 Å². The van der Waals surface area contributed by atoms with E-state index in [4.69, 9.17) is 11.6 Å². The molecular weight excluding hydrogens is 270 g/mol. The minimum absolute atomic E-state index is 0.00607. The predicted octanol–water partition coefficient (Wildman–Crippen LogP) is 2.49. The Bertz CT molecular complexity index is 421. The van der Waals surface area contributed by atoms with Gasteiger partial charge in [-0.05, 0) is 37.8 Å². The van der Waals surface area contributed by atoms with E-state index in [1.54, 1.807) is 18.2 Å². The van der Waals surface area contributed by atoms with Crippen molar-refractivity contribution in [2.24, 2.45) is 0 Å². The zero-order valence-corrected chi connectivity index (χ0v) is 12.3. The Kier molecular flexibility index (Phi) is 5.99. The molecule has 0 aliphatic heterocycles. The third kappa shape index (κ3) is 3.64. The van der Waals surface area contributed by atoms with E-state index in [1.165, 1.54) is 11.8 Å². The number of aliphatic hydroxyl groups excluding tert-OH is 1. The molecule has 1 aromatic rings. The van der Waals surface area contributed by atoms with Crippen LogP contribution in [0.3, 0.4) is 0 Å². The van der Waals surface area contributed by atoms with Crippen LogP contribution in [0.2, 0.25) is 5.02 Å². The smallest absolute Gasteiger partial charge is 0.251 e. The fraction of sp³-hybridized carbons (Fsp3) is 0.462. The Labute approximate surface area is 117 Å². The molecule has 18 heavy (non-hydrogen) atoms. The second kappa shape index (κ2) is 7.02. The van der Waals surface area contributed by atoms with Crippen LogP contribution in [-0.2, 0) is 0 Å². The van der Waals surface area contributed by atoms with Crippen molar-refractivity contribution in [2.75, 3.05) is 12.9 Å². The van der Waals surface area contributed by atoms with Gasteiger partial charge in [0.2, 0.25) is 0 Å². The third-order valence-corrected chi connectivity index (χ3v) is 4.48. The molecule has 0 aromatic heterocycles. The molecule has 0 aliphatic rings. The summed E-state index contributed by atoms with van der Waals surface area (Å²) in [5.74, 6) is -0.157. The minimum atomic E-state index is -0.157. The van der Waals surface area contributed by atoms with Gasteiger partial charge in [-0.25, -0.2) is 0 Å². The van der Waals surface area contributed by atoms with Crippen molar-refractivity contribution in [1.29, 1.82) is 0 Å². The number of carbonyl (C=O) groups is 1. The average Bonchev–Trinajstić information content (AvgIpc) is 2.34. The lowest BCUT2D eigenvalue weighted by Crippen LogP contribution is -2.41. The summed E-state index contributed by atoms with van der Waals surface area (Å²) >= 11 is 7.52. The lowest BCUT2D eigenvalue weighted by atomic mass is 10.1. The van der Waals surface area contributed by atoms with Crippen LogP contribution >= 0.6 is 23.4 Å². The van der Waals surface area contributed by atoms with Gasteiger partial charge in [-0.3, -0.25) is 4.79 Å². The van der Waals surface area contributed by atoms with Gasteiger partial charge in [0.1, 0.15) is 0 Å². The molecule has 3 nitrogen and oxygen atoms in total. The standard InChI is InChI=1S/C13H18ClNO2S/c1-8-10(5-4-6-11(8)14)13(17)15-9(2)12(7-16)18-3/h4-6,9,12,16H,7H2,1-3H3,(H,15,17). The van der Waals surface area contributed by atoms with Gasteiger partial charge < -0.3 is 10.4 Å². The summed E-state index contributed by atoms with van der Waals surface area (Å²) in [6.45, 7) is 3.74. The van der Waals surface area contributed by atoms with E-state index >= 15 is 0 Å². The molecule has 2 unspecified atom stereocenters. The number of amides is 1. The fourth-order valence-electron chi connectivity index (χ4n) is 1.67. The SMILES string of the molecule is CSC(CO)C(C)NC(=O)c1cccc(Cl)c1C. The van der Waals surface area contributed by atoms with Gasteiger partial charge in [0.15, 0.2) is 0 Å². The normalized spacial score (nSPS) is 14.1. The van der Waals surface area contributed by atoms with Crippen molar-refractivity contribution in [1.82, 2.24) is 5.32 Å². The molecule has 0 spiro atoms. The Morgan fingerprint density at radius 2 is 2.22 bits per heavy atom. The molecule has 2 atom stereocenters. The first-order valence-corrected chi connectivity index (χ1v) is 7.37. The second-order valence-corrected chi connectivity index (χ2v) is 5.62. The zero-order chi connectivity index (χ0) is 13.7. The quantitative estimate of drug-likeness (QED) is 0.875. The highest BCUT2D eigenvalue weighted by atomic mass is 35.5. The molecule has 0 aliphatic carbocycles. The largest absolute Gasteiger partial charge is 0.395 e. The minimum Gasteiger partial charge on any atom is -0.395 e. The second-order valence-electron chi connectivity index (χ2n) is 4.13. The lowest BCUT2D eigenvalue weighted by Gasteiger charge is -2.21. The number of thioether (sulfide) groups is 1. The number of rotatable bonds is 5. The number of aliphatic hydroxyl groups is 1. The van der Waals surface area contributed by atoms with Gasteiger partial charge >= 0.3 is 0 Å². The number of hydrogen-bond donors (Lipinski definition) is 2. The van der Waals surface area contributed by atoms with Gasteiger partial charge in [-0.2, -0.15) is 11.8 Å². The average molecular weight is 288 g/mol. The van der Waals surface area contributed by atoms with Crippen LogP contribution in [-0.4, -0.2) is 35.2 Å². The summed E-state index contributed by atoms with van der Waals surface area (Å²) in [6, 6.07) is 5.16. The Balaban J connectivity index is 2.79. The molecule has 0 radical (unpaired) electrons. The van der Waals surface area contributed by atoms with E-state index in [1.807, 2.05) is 20.1 Å². The van der Waals surface area contributed by atoms with E-state index in [2.05, 4.69) is 5.32 Å². The van der Waals surface area contributed by atoms with Gasteiger partial charge in [-0.15, -0.1) is 0 Å². The summed E-state index contributed by atoms with van der Waals surface area (Å²) in [5, 5.41) is 12.6. The highest BCUT2D eigenvalue weighted by Gasteiger charge is 2.19. The van der Waals surface area contributed by atoms with E-state index in [9.17, 15) is 9.90 Å². The molecule has 1 rings (SSSR count). The van der Waals surface area contributed by atoms with Gasteiger partial charge in [0, 0.05) is 21.9 Å². The van der Waals surface area contributed by atoms with Crippen LogP contribution in [0.4, 0.5) is 0 Å². The number of halogens is 1. The van der Waals surface area contributed by atoms with Crippen LogP contribution in [0.5, 0.6) is 0 Å². The van der Waals surface area contributed by atoms with Crippen LogP contribution in [0.1, 0.15) is 22.8 Å². The van der Waals surface area contributed by atoms with Crippen molar-refractivity contribution < 1.29 is 9.90 Å². The maximum absolute atomic E-state index is 12.1. The first-order chi connectivity index (χ1) is 8.51. The van der Waals surface area contributed by atoms with Gasteiger partial charge in [-0.1, -0.05) is 17.7 Å². The van der Waals surface area contributed by atoms with E-state index in [0.717, 1.165) is 5.56 Å². The van der Waals surface area contributed by atoms with Crippen molar-refractivity contribution in [3.05, 3.63) is 34.3 Å². The molecule has 1 amide bonds. The predicted molar refractivity (Wildman–Crippen MR) is 77.5 cm³/mol. The zero-order valence-electron chi connectivity index (χ0n) is 10.7. The van der Waals surface area contributed by atoms with Crippen LogP contribution < -0.4 is 5.32 Å². The lowest BCUT2D eigenvalue weighted by molar-refractivity contribution is 0.0935. The number of carbonyl (C=O) groups excluding carboxylic acids is 1. The van der Waals surface area contributed by atoms with Crippen molar-refractivity contribution in [3.8, 4) is 0 Å². The number of nitrogens with one attached hydrogen (secondary N) is 1. The van der Waals surface area contributed by atoms with Crippen LogP contribution in [0, 0.1) is 6.92 Å². The Morgan fingerprint density at radius 3 is 2.78 bits per heavy atom. The highest BCUT2D eigenvalue weighted by molar-refractivity contribution is 7.99. The molecule has 0 saturated carbocycles. The Hall–Kier alpha value is -0.710. The summed E-state index contributed by atoms with van der Waals surface area (Å²) in [6.07, 6.45) is 1.91. The van der Waals surface area contributed by atoms with Crippen molar-refractivity contribution >= 4 is 29.3 Å². The molecule has 0 bridgehead atoms. The van der Waals surface area contributed by atoms with E-state index in [-0.39, 0.29) is 23.8 Å². The summed E-state index contributed by atoms with van der Waals surface area (Å²) in [7, 11) is 0. The van der Waals surface area contributed by atoms with Gasteiger partial charge in [0.05, 0.1) is 6.61 Å². The summed E-state index contributed by atoms with van der Waals surface area (Å²) in [5.41, 5.74) is 1.35. The van der Waals surface area contributed by atoms with Gasteiger partial charge in [0.25, 0.3) is 5.91 Å². The topological polar surface area (TPSA) is 49.3 Å². The first kappa shape index (κ1) is 15.3. The van der Waals surface area contributed by atoms with Crippen LogP contribution in [0.15, 0.2) is 18.2 Å². The molecular formula is C13H18ClNO2S. The molecule has 1 aromatic carbocycles. The summed E-state index contributed by atoms with van der Waals surface area (Å²) < 4.78 is 0. The third-order valence-electron chi connectivity index (χ3n) is 2.91.